The lowest BCUT2D eigenvalue weighted by molar-refractivity contribution is -0.131. The van der Waals surface area contributed by atoms with Gasteiger partial charge in [-0.05, 0) is 40.9 Å². The molecule has 1 aliphatic rings. The van der Waals surface area contributed by atoms with Gasteiger partial charge in [0.2, 0.25) is 5.91 Å². The van der Waals surface area contributed by atoms with Gasteiger partial charge in [0.15, 0.2) is 0 Å². The van der Waals surface area contributed by atoms with Crippen LogP contribution in [0.5, 0.6) is 0 Å². The average molecular weight is 342 g/mol. The van der Waals surface area contributed by atoms with Gasteiger partial charge in [0.05, 0.1) is 0 Å². The predicted molar refractivity (Wildman–Crippen MR) is 81.7 cm³/mol. The fourth-order valence-corrected chi connectivity index (χ4v) is 2.52. The largest absolute Gasteiger partial charge is 0.396 e. The number of anilines is 1. The minimum Gasteiger partial charge on any atom is -0.396 e. The third kappa shape index (κ3) is 4.18. The van der Waals surface area contributed by atoms with Crippen molar-refractivity contribution in [2.24, 2.45) is 0 Å². The average Bonchev–Trinajstić information content (AvgIpc) is 2.48. The molecule has 0 bridgehead atoms. The second-order valence-electron chi connectivity index (χ2n) is 4.88. The van der Waals surface area contributed by atoms with Crippen molar-refractivity contribution >= 4 is 27.7 Å². The zero-order valence-electron chi connectivity index (χ0n) is 11.5. The molecule has 110 valence electrons. The van der Waals surface area contributed by atoms with E-state index in [4.69, 9.17) is 5.11 Å². The van der Waals surface area contributed by atoms with Crippen LogP contribution >= 0.6 is 15.9 Å². The molecule has 0 saturated carbocycles. The van der Waals surface area contributed by atoms with Crippen LogP contribution in [-0.4, -0.2) is 53.7 Å². The summed E-state index contributed by atoms with van der Waals surface area (Å²) >= 11 is 3.38. The number of amides is 1. The second kappa shape index (κ2) is 7.59. The lowest BCUT2D eigenvalue weighted by Gasteiger charge is -2.35. The quantitative estimate of drug-likeness (QED) is 0.827. The summed E-state index contributed by atoms with van der Waals surface area (Å²) in [4.78, 5) is 20.5. The van der Waals surface area contributed by atoms with E-state index in [9.17, 15) is 4.79 Å². The molecule has 1 aromatic heterocycles. The van der Waals surface area contributed by atoms with E-state index < -0.39 is 0 Å². The molecule has 0 spiro atoms. The monoisotopic (exact) mass is 341 g/mol. The first-order valence-electron chi connectivity index (χ1n) is 6.96. The third-order valence-electron chi connectivity index (χ3n) is 3.47. The van der Waals surface area contributed by atoms with Crippen molar-refractivity contribution in [3.05, 3.63) is 22.8 Å². The number of halogens is 1. The number of unbranched alkanes of at least 4 members (excludes halogenated alkanes) is 1. The molecule has 0 aliphatic carbocycles. The Morgan fingerprint density at radius 2 is 2.00 bits per heavy atom. The Hall–Kier alpha value is -1.14. The van der Waals surface area contributed by atoms with E-state index in [1.54, 1.807) is 6.20 Å². The summed E-state index contributed by atoms with van der Waals surface area (Å²) in [6.07, 6.45) is 3.80. The van der Waals surface area contributed by atoms with Crippen LogP contribution in [0.15, 0.2) is 22.8 Å². The molecule has 1 aliphatic heterocycles. The van der Waals surface area contributed by atoms with Crippen LogP contribution in [0.2, 0.25) is 0 Å². The van der Waals surface area contributed by atoms with Crippen molar-refractivity contribution in [2.45, 2.75) is 19.3 Å². The standard InChI is InChI=1S/C14H20BrN3O2/c15-12-4-5-13(16-11-12)17-6-8-18(9-7-17)14(20)3-1-2-10-19/h4-5,11,19H,1-3,6-10H2. The molecule has 0 atom stereocenters. The first-order chi connectivity index (χ1) is 9.70. The van der Waals surface area contributed by atoms with Crippen molar-refractivity contribution < 1.29 is 9.90 Å². The number of aromatic nitrogens is 1. The molecule has 2 rings (SSSR count). The van der Waals surface area contributed by atoms with Gasteiger partial charge >= 0.3 is 0 Å². The highest BCUT2D eigenvalue weighted by molar-refractivity contribution is 9.10. The van der Waals surface area contributed by atoms with Crippen LogP contribution in [0.1, 0.15) is 19.3 Å². The van der Waals surface area contributed by atoms with Crippen LogP contribution in [0, 0.1) is 0 Å². The molecule has 1 saturated heterocycles. The molecule has 2 heterocycles. The highest BCUT2D eigenvalue weighted by atomic mass is 79.9. The van der Waals surface area contributed by atoms with Gasteiger partial charge in [0.25, 0.3) is 0 Å². The summed E-state index contributed by atoms with van der Waals surface area (Å²) in [6.45, 7) is 3.29. The van der Waals surface area contributed by atoms with Crippen LogP contribution in [0.3, 0.4) is 0 Å². The first kappa shape index (κ1) is 15.3. The number of aliphatic hydroxyl groups is 1. The summed E-state index contributed by atoms with van der Waals surface area (Å²) in [5.41, 5.74) is 0. The molecule has 1 amide bonds. The summed E-state index contributed by atoms with van der Waals surface area (Å²) in [5, 5.41) is 8.73. The fourth-order valence-electron chi connectivity index (χ4n) is 2.29. The number of nitrogens with zero attached hydrogens (tertiary/aromatic N) is 3. The van der Waals surface area contributed by atoms with Gasteiger partial charge in [-0.3, -0.25) is 4.79 Å². The molecule has 1 aromatic rings. The number of piperazine rings is 1. The van der Waals surface area contributed by atoms with Crippen molar-refractivity contribution in [3.8, 4) is 0 Å². The van der Waals surface area contributed by atoms with Crippen molar-refractivity contribution in [1.82, 2.24) is 9.88 Å². The highest BCUT2D eigenvalue weighted by Crippen LogP contribution is 2.17. The van der Waals surface area contributed by atoms with E-state index in [0.29, 0.717) is 12.8 Å². The summed E-state index contributed by atoms with van der Waals surface area (Å²) < 4.78 is 0.971. The number of rotatable bonds is 5. The zero-order chi connectivity index (χ0) is 14.4. The van der Waals surface area contributed by atoms with Crippen molar-refractivity contribution in [2.75, 3.05) is 37.7 Å². The van der Waals surface area contributed by atoms with E-state index in [1.165, 1.54) is 0 Å². The van der Waals surface area contributed by atoms with Gasteiger partial charge in [-0.1, -0.05) is 0 Å². The highest BCUT2D eigenvalue weighted by Gasteiger charge is 2.21. The molecule has 0 aromatic carbocycles. The lowest BCUT2D eigenvalue weighted by atomic mass is 10.2. The molecule has 6 heteroatoms. The molecule has 5 nitrogen and oxygen atoms in total. The molecular weight excluding hydrogens is 322 g/mol. The minimum absolute atomic E-state index is 0.163. The number of hydrogen-bond acceptors (Lipinski definition) is 4. The Bertz CT molecular complexity index is 431. The molecular formula is C14H20BrN3O2. The van der Waals surface area contributed by atoms with Crippen molar-refractivity contribution in [3.63, 3.8) is 0 Å². The number of hydrogen-bond donors (Lipinski definition) is 1. The minimum atomic E-state index is 0.163. The van der Waals surface area contributed by atoms with Crippen LogP contribution < -0.4 is 4.90 Å². The van der Waals surface area contributed by atoms with E-state index in [0.717, 1.165) is 42.9 Å². The number of carbonyl (C=O) groups excluding carboxylic acids is 1. The second-order valence-corrected chi connectivity index (χ2v) is 5.80. The molecule has 20 heavy (non-hydrogen) atoms. The number of carbonyl (C=O) groups is 1. The summed E-state index contributed by atoms with van der Waals surface area (Å²) in [5.74, 6) is 1.16. The van der Waals surface area contributed by atoms with E-state index in [1.807, 2.05) is 17.0 Å². The van der Waals surface area contributed by atoms with Gasteiger partial charge in [0.1, 0.15) is 5.82 Å². The zero-order valence-corrected chi connectivity index (χ0v) is 13.0. The maximum Gasteiger partial charge on any atom is 0.222 e. The lowest BCUT2D eigenvalue weighted by Crippen LogP contribution is -2.49. The number of aliphatic hydroxyl groups excluding tert-OH is 1. The maximum absolute atomic E-state index is 12.0. The molecule has 1 N–H and O–H groups in total. The SMILES string of the molecule is O=C(CCCCO)N1CCN(c2ccc(Br)cn2)CC1. The maximum atomic E-state index is 12.0. The fraction of sp³-hybridized carbons (Fsp3) is 0.571. The first-order valence-corrected chi connectivity index (χ1v) is 7.75. The summed E-state index contributed by atoms with van der Waals surface area (Å²) in [7, 11) is 0. The number of pyridine rings is 1. The van der Waals surface area contributed by atoms with E-state index in [-0.39, 0.29) is 12.5 Å². The van der Waals surface area contributed by atoms with Gasteiger partial charge < -0.3 is 14.9 Å². The van der Waals surface area contributed by atoms with E-state index in [2.05, 4.69) is 25.8 Å². The molecule has 1 fully saturated rings. The Morgan fingerprint density at radius 1 is 1.25 bits per heavy atom. The van der Waals surface area contributed by atoms with Crippen LogP contribution in [0.4, 0.5) is 5.82 Å². The topological polar surface area (TPSA) is 56.7 Å². The summed E-state index contributed by atoms with van der Waals surface area (Å²) in [6, 6.07) is 3.97. The van der Waals surface area contributed by atoms with Gasteiger partial charge in [-0.15, -0.1) is 0 Å². The Balaban J connectivity index is 1.80. The molecule has 0 unspecified atom stereocenters. The normalized spacial score (nSPS) is 15.5. The van der Waals surface area contributed by atoms with Gasteiger partial charge in [-0.2, -0.15) is 0 Å². The van der Waals surface area contributed by atoms with Crippen LogP contribution in [-0.2, 0) is 4.79 Å². The van der Waals surface area contributed by atoms with Crippen LogP contribution in [0.25, 0.3) is 0 Å². The Labute approximate surface area is 127 Å². The Kier molecular flexibility index (Phi) is 5.79. The van der Waals surface area contributed by atoms with Gasteiger partial charge in [-0.25, -0.2) is 4.98 Å². The van der Waals surface area contributed by atoms with Crippen molar-refractivity contribution in [1.29, 1.82) is 0 Å². The molecule has 0 radical (unpaired) electrons. The van der Waals surface area contributed by atoms with E-state index >= 15 is 0 Å². The third-order valence-corrected chi connectivity index (χ3v) is 3.94. The van der Waals surface area contributed by atoms with Gasteiger partial charge in [0, 0.05) is 49.9 Å². The predicted octanol–water partition coefficient (Wildman–Crippen LogP) is 1.66. The Morgan fingerprint density at radius 3 is 2.60 bits per heavy atom. The smallest absolute Gasteiger partial charge is 0.222 e.